The fourth-order valence-corrected chi connectivity index (χ4v) is 4.86. The number of hydrogen-bond donors (Lipinski definition) is 1. The number of thiocarbonyl (C=S) groups is 1. The summed E-state index contributed by atoms with van der Waals surface area (Å²) in [6, 6.07) is 10.4. The highest BCUT2D eigenvalue weighted by atomic mass is 32.1. The molecule has 1 unspecified atom stereocenters. The average molecular weight is 437 g/mol. The molecular weight excluding hydrogens is 408 g/mol. The molecule has 1 N–H and O–H groups in total. The summed E-state index contributed by atoms with van der Waals surface area (Å²) < 4.78 is 0. The second-order valence-electron chi connectivity index (χ2n) is 8.05. The maximum absolute atomic E-state index is 12.8. The minimum atomic E-state index is -1.11. The fourth-order valence-electron chi connectivity index (χ4n) is 4.42. The number of fused-ring (bicyclic) bond motifs is 1. The number of aliphatic hydroxyl groups is 1. The Labute approximate surface area is 189 Å². The van der Waals surface area contributed by atoms with Gasteiger partial charge in [-0.25, -0.2) is 0 Å². The number of benzene rings is 1. The van der Waals surface area contributed by atoms with E-state index in [1.165, 1.54) is 4.90 Å². The summed E-state index contributed by atoms with van der Waals surface area (Å²) in [6.07, 6.45) is 3.83. The molecule has 2 heterocycles. The molecule has 0 aromatic heterocycles. The number of likely N-dealkylation sites (N-methyl/N-ethyl adjacent to an activating group) is 3. The van der Waals surface area contributed by atoms with Gasteiger partial charge in [0.1, 0.15) is 6.07 Å². The van der Waals surface area contributed by atoms with E-state index in [0.29, 0.717) is 23.8 Å². The predicted octanol–water partition coefficient (Wildman–Crippen LogP) is 3.46. The van der Waals surface area contributed by atoms with Crippen molar-refractivity contribution >= 4 is 28.9 Å². The lowest BCUT2D eigenvalue weighted by Gasteiger charge is -2.40. The molecule has 1 saturated heterocycles. The SMILES string of the molecule is CCN1C(=O)C(=CC=CC(C#N)=C2N(C)c3ccccc3C2(C)C)C(O)N(CC)C1=S. The van der Waals surface area contributed by atoms with Crippen molar-refractivity contribution in [1.29, 1.82) is 5.26 Å². The number of para-hydroxylation sites is 1. The summed E-state index contributed by atoms with van der Waals surface area (Å²) in [5, 5.41) is 20.9. The summed E-state index contributed by atoms with van der Waals surface area (Å²) in [5.41, 5.74) is 3.54. The van der Waals surface area contributed by atoms with Crippen LogP contribution >= 0.6 is 12.2 Å². The van der Waals surface area contributed by atoms with E-state index in [2.05, 4.69) is 26.0 Å². The van der Waals surface area contributed by atoms with Crippen LogP contribution in [0, 0.1) is 11.3 Å². The van der Waals surface area contributed by atoms with Gasteiger partial charge in [-0.1, -0.05) is 38.1 Å². The molecule has 6 nitrogen and oxygen atoms in total. The van der Waals surface area contributed by atoms with E-state index in [9.17, 15) is 15.2 Å². The smallest absolute Gasteiger partial charge is 0.260 e. The number of anilines is 1. The fraction of sp³-hybridized carbons (Fsp3) is 0.375. The number of rotatable bonds is 4. The molecule has 2 aliphatic heterocycles. The van der Waals surface area contributed by atoms with Gasteiger partial charge >= 0.3 is 0 Å². The van der Waals surface area contributed by atoms with E-state index < -0.39 is 6.23 Å². The Hall–Kier alpha value is -2.95. The third-order valence-electron chi connectivity index (χ3n) is 5.98. The van der Waals surface area contributed by atoms with Gasteiger partial charge in [-0.15, -0.1) is 0 Å². The van der Waals surface area contributed by atoms with Gasteiger partial charge in [0.2, 0.25) is 0 Å². The molecule has 0 radical (unpaired) electrons. The zero-order valence-electron chi connectivity index (χ0n) is 18.6. The Bertz CT molecular complexity index is 1050. The highest BCUT2D eigenvalue weighted by molar-refractivity contribution is 7.80. The number of carbonyl (C=O) groups is 1. The molecule has 31 heavy (non-hydrogen) atoms. The highest BCUT2D eigenvalue weighted by Gasteiger charge is 2.40. The van der Waals surface area contributed by atoms with Crippen LogP contribution in [0.1, 0.15) is 33.3 Å². The minimum Gasteiger partial charge on any atom is -0.369 e. The maximum Gasteiger partial charge on any atom is 0.260 e. The molecule has 0 bridgehead atoms. The molecule has 1 amide bonds. The van der Waals surface area contributed by atoms with Crippen LogP contribution in [0.5, 0.6) is 0 Å². The van der Waals surface area contributed by atoms with Crippen LogP contribution in [-0.2, 0) is 10.2 Å². The Morgan fingerprint density at radius 3 is 2.55 bits per heavy atom. The van der Waals surface area contributed by atoms with Crippen LogP contribution < -0.4 is 4.90 Å². The molecular formula is C24H28N4O2S. The number of carbonyl (C=O) groups excluding carboxylic acids is 1. The van der Waals surface area contributed by atoms with Crippen molar-refractivity contribution in [2.24, 2.45) is 0 Å². The van der Waals surface area contributed by atoms with Crippen LogP contribution in [0.4, 0.5) is 5.69 Å². The topological polar surface area (TPSA) is 70.8 Å². The van der Waals surface area contributed by atoms with Crippen LogP contribution in [0.2, 0.25) is 0 Å². The van der Waals surface area contributed by atoms with E-state index >= 15 is 0 Å². The third-order valence-corrected chi connectivity index (χ3v) is 6.43. The van der Waals surface area contributed by atoms with Crippen molar-refractivity contribution in [3.63, 3.8) is 0 Å². The third kappa shape index (κ3) is 3.67. The molecule has 7 heteroatoms. The summed E-state index contributed by atoms with van der Waals surface area (Å²) in [7, 11) is 1.96. The maximum atomic E-state index is 12.8. The molecule has 3 rings (SSSR count). The van der Waals surface area contributed by atoms with E-state index in [-0.39, 0.29) is 16.9 Å². The summed E-state index contributed by atoms with van der Waals surface area (Å²) in [5.74, 6) is -0.314. The van der Waals surface area contributed by atoms with Gasteiger partial charge in [0, 0.05) is 36.9 Å². The lowest BCUT2D eigenvalue weighted by atomic mass is 9.82. The molecule has 2 aliphatic rings. The van der Waals surface area contributed by atoms with E-state index in [1.54, 1.807) is 23.1 Å². The number of nitriles is 1. The van der Waals surface area contributed by atoms with Gasteiger partial charge in [-0.3, -0.25) is 9.69 Å². The van der Waals surface area contributed by atoms with Gasteiger partial charge in [0.05, 0.1) is 11.1 Å². The van der Waals surface area contributed by atoms with Gasteiger partial charge in [-0.05, 0) is 49.8 Å². The minimum absolute atomic E-state index is 0.234. The summed E-state index contributed by atoms with van der Waals surface area (Å²) >= 11 is 5.34. The number of hydrogen-bond acceptors (Lipinski definition) is 5. The van der Waals surface area contributed by atoms with E-state index in [0.717, 1.165) is 16.9 Å². The van der Waals surface area contributed by atoms with Gasteiger partial charge in [-0.2, -0.15) is 5.26 Å². The lowest BCUT2D eigenvalue weighted by Crippen LogP contribution is -2.57. The van der Waals surface area contributed by atoms with E-state index in [1.807, 2.05) is 44.0 Å². The number of allylic oxidation sites excluding steroid dienone is 5. The molecule has 1 atom stereocenters. The molecule has 1 fully saturated rings. The molecule has 0 aliphatic carbocycles. The highest BCUT2D eigenvalue weighted by Crippen LogP contribution is 2.47. The Morgan fingerprint density at radius 1 is 1.29 bits per heavy atom. The number of aliphatic hydroxyl groups excluding tert-OH is 1. The standard InChI is InChI=1S/C24H28N4O2S/c1-6-27-21(29)17(22(30)28(7-2)23(27)31)12-10-11-16(15-25)20-24(3,4)18-13-8-9-14-19(18)26(20)5/h8-14,21,29H,6-7H2,1-5H3. The normalized spacial score (nSPS) is 23.6. The van der Waals surface area contributed by atoms with Gasteiger partial charge in [0.15, 0.2) is 11.3 Å². The zero-order chi connectivity index (χ0) is 22.9. The number of amides is 1. The molecule has 0 saturated carbocycles. The Balaban J connectivity index is 2.00. The van der Waals surface area contributed by atoms with E-state index in [4.69, 9.17) is 12.2 Å². The van der Waals surface area contributed by atoms with Gasteiger partial charge in [0.25, 0.3) is 5.91 Å². The van der Waals surface area contributed by atoms with Crippen molar-refractivity contribution in [3.8, 4) is 6.07 Å². The lowest BCUT2D eigenvalue weighted by molar-refractivity contribution is -0.128. The Morgan fingerprint density at radius 2 is 1.97 bits per heavy atom. The predicted molar refractivity (Wildman–Crippen MR) is 126 cm³/mol. The van der Waals surface area contributed by atoms with Crippen LogP contribution in [0.15, 0.2) is 59.3 Å². The Kier molecular flexibility index (Phi) is 6.35. The van der Waals surface area contributed by atoms with Crippen molar-refractivity contribution in [3.05, 3.63) is 64.9 Å². The van der Waals surface area contributed by atoms with Crippen LogP contribution in [0.25, 0.3) is 0 Å². The summed E-state index contributed by atoms with van der Waals surface area (Å²) in [4.78, 5) is 17.9. The second-order valence-corrected chi connectivity index (χ2v) is 8.41. The molecule has 162 valence electrons. The first kappa shape index (κ1) is 22.7. The average Bonchev–Trinajstić information content (AvgIpc) is 2.94. The monoisotopic (exact) mass is 436 g/mol. The van der Waals surface area contributed by atoms with Gasteiger partial charge < -0.3 is 14.9 Å². The van der Waals surface area contributed by atoms with Crippen molar-refractivity contribution in [2.45, 2.75) is 39.3 Å². The van der Waals surface area contributed by atoms with Crippen LogP contribution in [0.3, 0.4) is 0 Å². The second kappa shape index (κ2) is 8.66. The number of nitrogens with zero attached hydrogens (tertiary/aromatic N) is 4. The summed E-state index contributed by atoms with van der Waals surface area (Å²) in [6.45, 7) is 8.82. The zero-order valence-corrected chi connectivity index (χ0v) is 19.4. The van der Waals surface area contributed by atoms with Crippen molar-refractivity contribution < 1.29 is 9.90 Å². The van der Waals surface area contributed by atoms with Crippen molar-refractivity contribution in [2.75, 3.05) is 25.0 Å². The first-order valence-corrected chi connectivity index (χ1v) is 10.8. The first-order valence-electron chi connectivity index (χ1n) is 10.4. The quantitative estimate of drug-likeness (QED) is 0.443. The molecule has 0 spiro atoms. The molecule has 1 aromatic carbocycles. The van der Waals surface area contributed by atoms with Crippen LogP contribution in [-0.4, -0.2) is 52.3 Å². The molecule has 1 aromatic rings. The first-order chi connectivity index (χ1) is 14.7. The van der Waals surface area contributed by atoms with Crippen molar-refractivity contribution in [1.82, 2.24) is 9.80 Å². The largest absolute Gasteiger partial charge is 0.369 e.